The Balaban J connectivity index is 3.02. The molecule has 0 aromatic heterocycles. The highest BCUT2D eigenvalue weighted by Crippen LogP contribution is 2.21. The summed E-state index contributed by atoms with van der Waals surface area (Å²) in [6.45, 7) is 3.58. The number of rotatable bonds is 4. The van der Waals surface area contributed by atoms with Gasteiger partial charge in [0.1, 0.15) is 6.54 Å². The third kappa shape index (κ3) is 4.51. The molecule has 6 heteroatoms. The van der Waals surface area contributed by atoms with Gasteiger partial charge in [0.2, 0.25) is 0 Å². The second kappa shape index (κ2) is 6.91. The molecule has 0 aliphatic carbocycles. The number of ether oxygens (including phenoxy) is 1. The van der Waals surface area contributed by atoms with Gasteiger partial charge in [0.05, 0.1) is 7.11 Å². The second-order valence-electron chi connectivity index (χ2n) is 4.26. The van der Waals surface area contributed by atoms with Crippen LogP contribution in [-0.2, 0) is 9.53 Å². The molecule has 0 N–H and O–H groups in total. The van der Waals surface area contributed by atoms with E-state index in [0.29, 0.717) is 15.1 Å². The maximum Gasteiger partial charge on any atom is 0.325 e. The number of hydrogen-bond donors (Lipinski definition) is 0. The van der Waals surface area contributed by atoms with E-state index in [1.165, 1.54) is 12.0 Å². The molecule has 1 aromatic carbocycles. The topological polar surface area (TPSA) is 46.6 Å². The van der Waals surface area contributed by atoms with Crippen molar-refractivity contribution in [2.75, 3.05) is 13.7 Å². The van der Waals surface area contributed by atoms with Gasteiger partial charge in [-0.05, 0) is 32.0 Å². The molecule has 0 unspecified atom stereocenters. The molecule has 0 radical (unpaired) electrons. The molecule has 104 valence electrons. The number of amides is 1. The molecule has 0 aliphatic rings. The van der Waals surface area contributed by atoms with Gasteiger partial charge in [-0.15, -0.1) is 0 Å². The van der Waals surface area contributed by atoms with Crippen LogP contribution in [0.2, 0.25) is 5.02 Å². The minimum Gasteiger partial charge on any atom is -0.468 e. The predicted molar refractivity (Wildman–Crippen MR) is 77.3 cm³/mol. The molecule has 0 saturated carbocycles. The van der Waals surface area contributed by atoms with Gasteiger partial charge in [-0.25, -0.2) is 0 Å². The molecule has 0 atom stereocenters. The first-order valence-electron chi connectivity index (χ1n) is 5.69. The zero-order chi connectivity index (χ0) is 14.6. The van der Waals surface area contributed by atoms with Gasteiger partial charge in [-0.2, -0.15) is 0 Å². The van der Waals surface area contributed by atoms with Crippen LogP contribution in [0.15, 0.2) is 22.7 Å². The monoisotopic (exact) mass is 347 g/mol. The molecule has 1 aromatic rings. The van der Waals surface area contributed by atoms with Crippen molar-refractivity contribution < 1.29 is 14.3 Å². The Hall–Kier alpha value is -1.07. The Kier molecular flexibility index (Phi) is 5.82. The normalized spacial score (nSPS) is 10.4. The molecular formula is C13H15BrClNO3. The van der Waals surface area contributed by atoms with Crippen molar-refractivity contribution in [3.8, 4) is 0 Å². The van der Waals surface area contributed by atoms with E-state index >= 15 is 0 Å². The maximum atomic E-state index is 12.4. The fourth-order valence-electron chi connectivity index (χ4n) is 1.54. The van der Waals surface area contributed by atoms with Crippen molar-refractivity contribution in [1.82, 2.24) is 4.90 Å². The first kappa shape index (κ1) is 16.0. The van der Waals surface area contributed by atoms with Crippen LogP contribution < -0.4 is 0 Å². The Labute approximate surface area is 125 Å². The number of methoxy groups -OCH3 is 1. The van der Waals surface area contributed by atoms with E-state index in [1.54, 1.807) is 18.2 Å². The van der Waals surface area contributed by atoms with Gasteiger partial charge in [-0.3, -0.25) is 9.59 Å². The number of benzene rings is 1. The Morgan fingerprint density at radius 2 is 2.00 bits per heavy atom. The summed E-state index contributed by atoms with van der Waals surface area (Å²) >= 11 is 9.20. The number of carbonyl (C=O) groups is 2. The van der Waals surface area contributed by atoms with Crippen molar-refractivity contribution in [2.45, 2.75) is 19.9 Å². The predicted octanol–water partition coefficient (Wildman–Crippen LogP) is 3.13. The van der Waals surface area contributed by atoms with Gasteiger partial charge >= 0.3 is 5.97 Å². The van der Waals surface area contributed by atoms with Gasteiger partial charge < -0.3 is 9.64 Å². The highest BCUT2D eigenvalue weighted by Gasteiger charge is 2.22. The lowest BCUT2D eigenvalue weighted by molar-refractivity contribution is -0.141. The lowest BCUT2D eigenvalue weighted by atomic mass is 10.1. The van der Waals surface area contributed by atoms with Crippen LogP contribution in [0.1, 0.15) is 24.2 Å². The summed E-state index contributed by atoms with van der Waals surface area (Å²) in [6.07, 6.45) is 0. The van der Waals surface area contributed by atoms with Gasteiger partial charge in [0.15, 0.2) is 0 Å². The molecule has 0 aliphatic heterocycles. The van der Waals surface area contributed by atoms with Gasteiger partial charge in [-0.1, -0.05) is 27.5 Å². The summed E-state index contributed by atoms with van der Waals surface area (Å²) in [6, 6.07) is 4.81. The minimum atomic E-state index is -0.455. The minimum absolute atomic E-state index is 0.0862. The van der Waals surface area contributed by atoms with E-state index in [9.17, 15) is 9.59 Å². The summed E-state index contributed by atoms with van der Waals surface area (Å²) in [4.78, 5) is 25.2. The zero-order valence-corrected chi connectivity index (χ0v) is 13.3. The Morgan fingerprint density at radius 3 is 2.47 bits per heavy atom. The average molecular weight is 349 g/mol. The molecule has 0 saturated heterocycles. The molecule has 0 spiro atoms. The molecule has 1 rings (SSSR count). The first-order valence-corrected chi connectivity index (χ1v) is 6.86. The molecule has 19 heavy (non-hydrogen) atoms. The van der Waals surface area contributed by atoms with Crippen LogP contribution in [0.4, 0.5) is 0 Å². The molecule has 0 bridgehead atoms. The number of esters is 1. The summed E-state index contributed by atoms with van der Waals surface area (Å²) < 4.78 is 5.31. The number of carbonyl (C=O) groups excluding carboxylic acids is 2. The molecule has 0 fully saturated rings. The van der Waals surface area contributed by atoms with E-state index in [2.05, 4.69) is 20.7 Å². The van der Waals surface area contributed by atoms with Crippen molar-refractivity contribution in [1.29, 1.82) is 0 Å². The zero-order valence-electron chi connectivity index (χ0n) is 10.9. The van der Waals surface area contributed by atoms with Gasteiger partial charge in [0, 0.05) is 21.1 Å². The van der Waals surface area contributed by atoms with Crippen molar-refractivity contribution in [3.63, 3.8) is 0 Å². The lowest BCUT2D eigenvalue weighted by Gasteiger charge is -2.25. The Bertz CT molecular complexity index is 471. The summed E-state index contributed by atoms with van der Waals surface area (Å²) in [5.41, 5.74) is 0.428. The quantitative estimate of drug-likeness (QED) is 0.785. The van der Waals surface area contributed by atoms with E-state index in [0.717, 1.165) is 0 Å². The summed E-state index contributed by atoms with van der Waals surface area (Å²) in [5, 5.41) is 0.458. The summed E-state index contributed by atoms with van der Waals surface area (Å²) in [7, 11) is 1.29. The molecule has 0 heterocycles. The van der Waals surface area contributed by atoms with E-state index in [1.807, 2.05) is 13.8 Å². The fourth-order valence-corrected chi connectivity index (χ4v) is 2.40. The number of hydrogen-bond acceptors (Lipinski definition) is 3. The molecular weight excluding hydrogens is 334 g/mol. The molecule has 1 amide bonds. The smallest absolute Gasteiger partial charge is 0.325 e. The van der Waals surface area contributed by atoms with E-state index in [4.69, 9.17) is 11.6 Å². The number of halogens is 2. The van der Waals surface area contributed by atoms with Crippen LogP contribution in [0.5, 0.6) is 0 Å². The third-order valence-corrected chi connectivity index (χ3v) is 3.20. The van der Waals surface area contributed by atoms with Crippen LogP contribution in [0.25, 0.3) is 0 Å². The van der Waals surface area contributed by atoms with Crippen LogP contribution in [-0.4, -0.2) is 36.5 Å². The van der Waals surface area contributed by atoms with Crippen LogP contribution in [0, 0.1) is 0 Å². The van der Waals surface area contributed by atoms with Crippen LogP contribution >= 0.6 is 27.5 Å². The van der Waals surface area contributed by atoms with Crippen LogP contribution in [0.3, 0.4) is 0 Å². The third-order valence-electron chi connectivity index (χ3n) is 2.52. The maximum absolute atomic E-state index is 12.4. The van der Waals surface area contributed by atoms with Gasteiger partial charge in [0.25, 0.3) is 5.91 Å². The fraction of sp³-hybridized carbons (Fsp3) is 0.385. The van der Waals surface area contributed by atoms with Crippen molar-refractivity contribution >= 4 is 39.4 Å². The van der Waals surface area contributed by atoms with Crippen molar-refractivity contribution in [3.05, 3.63) is 33.3 Å². The van der Waals surface area contributed by atoms with Crippen molar-refractivity contribution in [2.24, 2.45) is 0 Å². The lowest BCUT2D eigenvalue weighted by Crippen LogP contribution is -2.41. The summed E-state index contributed by atoms with van der Waals surface area (Å²) in [5.74, 6) is -0.716. The average Bonchev–Trinajstić information content (AvgIpc) is 2.33. The highest BCUT2D eigenvalue weighted by molar-refractivity contribution is 9.10. The highest BCUT2D eigenvalue weighted by atomic mass is 79.9. The standard InChI is InChI=1S/C13H15BrClNO3/c1-8(2)16(7-12(17)19-3)13(18)9-4-10(14)6-11(15)5-9/h4-6,8H,7H2,1-3H3. The second-order valence-corrected chi connectivity index (χ2v) is 5.61. The van der Waals surface area contributed by atoms with E-state index < -0.39 is 5.97 Å². The largest absolute Gasteiger partial charge is 0.468 e. The first-order chi connectivity index (χ1) is 8.85. The SMILES string of the molecule is COC(=O)CN(C(=O)c1cc(Cl)cc(Br)c1)C(C)C. The van der Waals surface area contributed by atoms with E-state index in [-0.39, 0.29) is 18.5 Å². The molecule has 4 nitrogen and oxygen atoms in total. The number of nitrogens with zero attached hydrogens (tertiary/aromatic N) is 1. The Morgan fingerprint density at radius 1 is 1.37 bits per heavy atom.